The Kier molecular flexibility index (Phi) is 7.63. The predicted molar refractivity (Wildman–Crippen MR) is 68.8 cm³/mol. The van der Waals surface area contributed by atoms with Crippen molar-refractivity contribution in [1.29, 1.82) is 0 Å². The molecule has 0 saturated carbocycles. The zero-order valence-electron chi connectivity index (χ0n) is 11.0. The normalized spacial score (nSPS) is 10.9. The minimum Gasteiger partial charge on any atom is -0.425 e. The third-order valence-corrected chi connectivity index (χ3v) is 2.86. The number of aromatic nitrogens is 2. The van der Waals surface area contributed by atoms with Crippen molar-refractivity contribution >= 4 is 0 Å². The molecule has 98 valence electrons. The van der Waals surface area contributed by atoms with E-state index in [0.717, 1.165) is 18.7 Å². The van der Waals surface area contributed by atoms with Crippen molar-refractivity contribution in [3.05, 3.63) is 11.8 Å². The fraction of sp³-hybridized carbons (Fsp3) is 0.846. The van der Waals surface area contributed by atoms with Crippen molar-refractivity contribution < 1.29 is 4.42 Å². The zero-order valence-corrected chi connectivity index (χ0v) is 11.0. The number of nitrogens with two attached hydrogens (primary N) is 1. The van der Waals surface area contributed by atoms with Crippen molar-refractivity contribution in [2.45, 2.75) is 64.7 Å². The highest BCUT2D eigenvalue weighted by Crippen LogP contribution is 2.10. The minimum atomic E-state index is 0.569. The molecule has 0 radical (unpaired) electrons. The van der Waals surface area contributed by atoms with Crippen LogP contribution in [0.3, 0.4) is 0 Å². The van der Waals surface area contributed by atoms with Crippen LogP contribution in [0.25, 0.3) is 0 Å². The van der Waals surface area contributed by atoms with Crippen molar-refractivity contribution in [3.63, 3.8) is 0 Å². The molecule has 1 aromatic heterocycles. The maximum absolute atomic E-state index is 5.47. The van der Waals surface area contributed by atoms with E-state index in [4.69, 9.17) is 10.2 Å². The third-order valence-electron chi connectivity index (χ3n) is 2.86. The second kappa shape index (κ2) is 9.16. The maximum atomic E-state index is 5.47. The Labute approximate surface area is 104 Å². The smallest absolute Gasteiger partial charge is 0.217 e. The van der Waals surface area contributed by atoms with Crippen molar-refractivity contribution in [2.75, 3.05) is 6.54 Å². The van der Waals surface area contributed by atoms with Crippen molar-refractivity contribution in [3.8, 4) is 0 Å². The average Bonchev–Trinajstić information content (AvgIpc) is 2.76. The summed E-state index contributed by atoms with van der Waals surface area (Å²) in [5.74, 6) is 1.44. The molecule has 0 amide bonds. The lowest BCUT2D eigenvalue weighted by molar-refractivity contribution is 0.440. The second-order valence-corrected chi connectivity index (χ2v) is 4.50. The second-order valence-electron chi connectivity index (χ2n) is 4.50. The average molecular weight is 239 g/mol. The topological polar surface area (TPSA) is 64.9 Å². The van der Waals surface area contributed by atoms with Crippen LogP contribution in [0.5, 0.6) is 0 Å². The van der Waals surface area contributed by atoms with Crippen LogP contribution >= 0.6 is 0 Å². The number of nitrogens with zero attached hydrogens (tertiary/aromatic N) is 2. The highest BCUT2D eigenvalue weighted by Gasteiger charge is 2.04. The molecule has 1 heterocycles. The summed E-state index contributed by atoms with van der Waals surface area (Å²) in [7, 11) is 0. The van der Waals surface area contributed by atoms with Gasteiger partial charge in [-0.15, -0.1) is 10.2 Å². The van der Waals surface area contributed by atoms with Crippen LogP contribution in [0, 0.1) is 0 Å². The van der Waals surface area contributed by atoms with E-state index in [1.807, 2.05) is 0 Å². The Hall–Kier alpha value is -0.900. The van der Waals surface area contributed by atoms with Gasteiger partial charge in [-0.2, -0.15) is 0 Å². The Bertz CT molecular complexity index is 286. The van der Waals surface area contributed by atoms with E-state index in [-0.39, 0.29) is 0 Å². The SMILES string of the molecule is CCCCCCCCCc1nnc(CCN)o1. The molecule has 0 fully saturated rings. The monoisotopic (exact) mass is 239 g/mol. The fourth-order valence-electron chi connectivity index (χ4n) is 1.85. The van der Waals surface area contributed by atoms with Crippen LogP contribution in [0.2, 0.25) is 0 Å². The minimum absolute atomic E-state index is 0.569. The summed E-state index contributed by atoms with van der Waals surface area (Å²) in [6.45, 7) is 2.81. The quantitative estimate of drug-likeness (QED) is 0.638. The largest absolute Gasteiger partial charge is 0.425 e. The summed E-state index contributed by atoms with van der Waals surface area (Å²) in [6.07, 6.45) is 10.7. The van der Waals surface area contributed by atoms with Crippen LogP contribution in [-0.4, -0.2) is 16.7 Å². The Balaban J connectivity index is 2.01. The van der Waals surface area contributed by atoms with E-state index < -0.39 is 0 Å². The summed E-state index contributed by atoms with van der Waals surface area (Å²) in [5.41, 5.74) is 5.42. The molecule has 0 unspecified atom stereocenters. The van der Waals surface area contributed by atoms with Crippen LogP contribution < -0.4 is 5.73 Å². The maximum Gasteiger partial charge on any atom is 0.217 e. The van der Waals surface area contributed by atoms with Gasteiger partial charge in [0, 0.05) is 19.4 Å². The van der Waals surface area contributed by atoms with Gasteiger partial charge in [0.1, 0.15) is 0 Å². The molecule has 1 aromatic rings. The Morgan fingerprint density at radius 1 is 0.882 bits per heavy atom. The molecule has 0 bridgehead atoms. The van der Waals surface area contributed by atoms with Crippen LogP contribution in [-0.2, 0) is 12.8 Å². The third kappa shape index (κ3) is 6.41. The predicted octanol–water partition coefficient (Wildman–Crippen LogP) is 2.86. The lowest BCUT2D eigenvalue weighted by Gasteiger charge is -1.99. The van der Waals surface area contributed by atoms with E-state index in [1.165, 1.54) is 38.5 Å². The van der Waals surface area contributed by atoms with Gasteiger partial charge in [0.15, 0.2) is 0 Å². The molecule has 1 rings (SSSR count). The van der Waals surface area contributed by atoms with E-state index in [1.54, 1.807) is 0 Å². The van der Waals surface area contributed by atoms with E-state index in [2.05, 4.69) is 17.1 Å². The first-order valence-corrected chi connectivity index (χ1v) is 6.88. The molecule has 0 aliphatic rings. The van der Waals surface area contributed by atoms with Crippen molar-refractivity contribution in [2.24, 2.45) is 5.73 Å². The molecular formula is C13H25N3O. The van der Waals surface area contributed by atoms with Gasteiger partial charge in [-0.05, 0) is 6.42 Å². The molecule has 17 heavy (non-hydrogen) atoms. The first kappa shape index (κ1) is 14.2. The number of hydrogen-bond donors (Lipinski definition) is 1. The summed E-state index contributed by atoms with van der Waals surface area (Å²) in [6, 6.07) is 0. The summed E-state index contributed by atoms with van der Waals surface area (Å²) in [5, 5.41) is 7.96. The number of unbranched alkanes of at least 4 members (excludes halogenated alkanes) is 6. The Morgan fingerprint density at radius 3 is 2.12 bits per heavy atom. The summed E-state index contributed by atoms with van der Waals surface area (Å²) < 4.78 is 5.47. The highest BCUT2D eigenvalue weighted by atomic mass is 16.4. The molecule has 0 spiro atoms. The van der Waals surface area contributed by atoms with Crippen LogP contribution in [0.1, 0.15) is 63.7 Å². The van der Waals surface area contributed by atoms with Gasteiger partial charge in [-0.25, -0.2) is 0 Å². The van der Waals surface area contributed by atoms with Gasteiger partial charge in [-0.1, -0.05) is 45.4 Å². The van der Waals surface area contributed by atoms with E-state index in [0.29, 0.717) is 18.9 Å². The van der Waals surface area contributed by atoms with Gasteiger partial charge < -0.3 is 10.2 Å². The summed E-state index contributed by atoms with van der Waals surface area (Å²) in [4.78, 5) is 0. The van der Waals surface area contributed by atoms with Crippen molar-refractivity contribution in [1.82, 2.24) is 10.2 Å². The number of aryl methyl sites for hydroxylation is 1. The first-order valence-electron chi connectivity index (χ1n) is 6.88. The molecule has 0 atom stereocenters. The van der Waals surface area contributed by atoms with Gasteiger partial charge in [0.25, 0.3) is 0 Å². The molecular weight excluding hydrogens is 214 g/mol. The Morgan fingerprint density at radius 2 is 1.47 bits per heavy atom. The number of rotatable bonds is 10. The first-order chi connectivity index (χ1) is 8.36. The molecule has 0 aromatic carbocycles. The zero-order chi connectivity index (χ0) is 12.3. The number of hydrogen-bond acceptors (Lipinski definition) is 4. The molecule has 4 heteroatoms. The standard InChI is InChI=1S/C13H25N3O/c1-2-3-4-5-6-7-8-9-12-15-16-13(17-12)10-11-14/h2-11,14H2,1H3. The van der Waals surface area contributed by atoms with E-state index in [9.17, 15) is 0 Å². The molecule has 4 nitrogen and oxygen atoms in total. The summed E-state index contributed by atoms with van der Waals surface area (Å²) >= 11 is 0. The van der Waals surface area contributed by atoms with Gasteiger partial charge in [0.05, 0.1) is 0 Å². The molecule has 0 aliphatic heterocycles. The molecule has 0 aliphatic carbocycles. The van der Waals surface area contributed by atoms with Gasteiger partial charge >= 0.3 is 0 Å². The van der Waals surface area contributed by atoms with Gasteiger partial charge in [-0.3, -0.25) is 0 Å². The van der Waals surface area contributed by atoms with Gasteiger partial charge in [0.2, 0.25) is 11.8 Å². The molecule has 0 saturated heterocycles. The lowest BCUT2D eigenvalue weighted by Crippen LogP contribution is -2.02. The highest BCUT2D eigenvalue weighted by molar-refractivity contribution is 4.82. The molecule has 2 N–H and O–H groups in total. The van der Waals surface area contributed by atoms with E-state index >= 15 is 0 Å². The van der Waals surface area contributed by atoms with Crippen LogP contribution in [0.15, 0.2) is 4.42 Å². The fourth-order valence-corrected chi connectivity index (χ4v) is 1.85. The van der Waals surface area contributed by atoms with Crippen LogP contribution in [0.4, 0.5) is 0 Å². The lowest BCUT2D eigenvalue weighted by atomic mass is 10.1.